The molecule has 2 aromatic heterocycles. The fourth-order valence-corrected chi connectivity index (χ4v) is 3.10. The molecular formula is C15H12BrClN4O2S. The van der Waals surface area contributed by atoms with Gasteiger partial charge in [0.2, 0.25) is 5.91 Å². The molecule has 1 aromatic carbocycles. The molecule has 0 unspecified atom stereocenters. The van der Waals surface area contributed by atoms with Crippen molar-refractivity contribution in [3.05, 3.63) is 46.1 Å². The predicted octanol–water partition coefficient (Wildman–Crippen LogP) is 4.22. The number of carbonyl (C=O) groups is 1. The third-order valence-corrected chi connectivity index (χ3v) is 5.36. The molecule has 0 fully saturated rings. The maximum absolute atomic E-state index is 12.1. The average molecular weight is 428 g/mol. The van der Waals surface area contributed by atoms with Gasteiger partial charge in [0.05, 0.1) is 17.0 Å². The van der Waals surface area contributed by atoms with Gasteiger partial charge in [-0.3, -0.25) is 4.79 Å². The Morgan fingerprint density at radius 3 is 2.96 bits per heavy atom. The van der Waals surface area contributed by atoms with Gasteiger partial charge < -0.3 is 14.3 Å². The summed E-state index contributed by atoms with van der Waals surface area (Å²) in [6, 6.07) is 8.83. The Kier molecular flexibility index (Phi) is 5.27. The molecule has 0 radical (unpaired) electrons. The van der Waals surface area contributed by atoms with Gasteiger partial charge in [-0.05, 0) is 46.3 Å². The lowest BCUT2D eigenvalue weighted by molar-refractivity contribution is -0.113. The van der Waals surface area contributed by atoms with Crippen LogP contribution in [0.3, 0.4) is 0 Å². The van der Waals surface area contributed by atoms with E-state index in [9.17, 15) is 4.79 Å². The number of benzene rings is 1. The van der Waals surface area contributed by atoms with Gasteiger partial charge in [-0.1, -0.05) is 23.4 Å². The summed E-state index contributed by atoms with van der Waals surface area (Å²) in [5.74, 6) is 1.30. The lowest BCUT2D eigenvalue weighted by Crippen LogP contribution is -2.14. The summed E-state index contributed by atoms with van der Waals surface area (Å²) in [5.41, 5.74) is 0.642. The number of aromatic nitrogens is 3. The molecule has 2 heterocycles. The summed E-state index contributed by atoms with van der Waals surface area (Å²) in [7, 11) is 1.83. The molecule has 1 N–H and O–H groups in total. The average Bonchev–Trinajstić information content (AvgIpc) is 3.19. The van der Waals surface area contributed by atoms with Crippen LogP contribution < -0.4 is 5.32 Å². The highest BCUT2D eigenvalue weighted by atomic mass is 79.9. The van der Waals surface area contributed by atoms with Crippen LogP contribution in [0, 0.1) is 0 Å². The molecule has 124 valence electrons. The molecule has 0 spiro atoms. The molecule has 6 nitrogen and oxygen atoms in total. The molecule has 24 heavy (non-hydrogen) atoms. The van der Waals surface area contributed by atoms with E-state index in [1.165, 1.54) is 11.8 Å². The monoisotopic (exact) mass is 426 g/mol. The number of furan rings is 1. The highest BCUT2D eigenvalue weighted by Gasteiger charge is 2.14. The molecule has 9 heteroatoms. The number of amides is 1. The number of rotatable bonds is 5. The molecule has 0 aliphatic rings. The number of hydrogen-bond donors (Lipinski definition) is 1. The van der Waals surface area contributed by atoms with Crippen LogP contribution in [0.5, 0.6) is 0 Å². The Morgan fingerprint density at radius 1 is 1.42 bits per heavy atom. The first-order chi connectivity index (χ1) is 11.5. The maximum Gasteiger partial charge on any atom is 0.234 e. The van der Waals surface area contributed by atoms with E-state index < -0.39 is 0 Å². The van der Waals surface area contributed by atoms with Gasteiger partial charge in [0.25, 0.3) is 0 Å². The van der Waals surface area contributed by atoms with Gasteiger partial charge in [0.1, 0.15) is 0 Å². The van der Waals surface area contributed by atoms with E-state index in [2.05, 4.69) is 31.4 Å². The SMILES string of the molecule is Cn1c(SCC(=O)Nc2ccc(Br)c(Cl)c2)nnc1-c1ccco1. The third kappa shape index (κ3) is 3.82. The number of carbonyl (C=O) groups excluding carboxylic acids is 1. The quantitative estimate of drug-likeness (QED) is 0.617. The van der Waals surface area contributed by atoms with Crippen LogP contribution in [-0.4, -0.2) is 26.4 Å². The Hall–Kier alpha value is -1.77. The Labute approximate surface area is 155 Å². The Morgan fingerprint density at radius 2 is 2.25 bits per heavy atom. The number of thioether (sulfide) groups is 1. The Bertz CT molecular complexity index is 866. The highest BCUT2D eigenvalue weighted by Crippen LogP contribution is 2.26. The van der Waals surface area contributed by atoms with E-state index in [0.717, 1.165) is 4.47 Å². The second-order valence-corrected chi connectivity index (χ2v) is 7.01. The molecule has 0 atom stereocenters. The number of halogens is 2. The molecule has 0 aliphatic heterocycles. The standard InChI is InChI=1S/C15H12BrClN4O2S/c1-21-14(12-3-2-6-23-12)19-20-15(21)24-8-13(22)18-9-4-5-10(16)11(17)7-9/h2-7H,8H2,1H3,(H,18,22). The van der Waals surface area contributed by atoms with E-state index in [4.69, 9.17) is 16.0 Å². The van der Waals surface area contributed by atoms with Gasteiger partial charge >= 0.3 is 0 Å². The van der Waals surface area contributed by atoms with Gasteiger partial charge in [0.15, 0.2) is 16.7 Å². The lowest BCUT2D eigenvalue weighted by Gasteiger charge is -2.06. The minimum absolute atomic E-state index is 0.152. The van der Waals surface area contributed by atoms with Crippen molar-refractivity contribution in [2.24, 2.45) is 7.05 Å². The summed E-state index contributed by atoms with van der Waals surface area (Å²) in [5, 5.41) is 12.1. The van der Waals surface area contributed by atoms with Crippen LogP contribution in [-0.2, 0) is 11.8 Å². The Balaban J connectivity index is 1.61. The van der Waals surface area contributed by atoms with Crippen molar-refractivity contribution >= 4 is 50.9 Å². The van der Waals surface area contributed by atoms with E-state index >= 15 is 0 Å². The molecule has 0 bridgehead atoms. The molecule has 0 saturated heterocycles. The zero-order valence-corrected chi connectivity index (χ0v) is 15.7. The third-order valence-electron chi connectivity index (χ3n) is 3.11. The van der Waals surface area contributed by atoms with E-state index in [-0.39, 0.29) is 11.7 Å². The number of nitrogens with one attached hydrogen (secondary N) is 1. The first-order valence-corrected chi connectivity index (χ1v) is 9.01. The summed E-state index contributed by atoms with van der Waals surface area (Å²) in [6.45, 7) is 0. The zero-order valence-electron chi connectivity index (χ0n) is 12.5. The lowest BCUT2D eigenvalue weighted by atomic mass is 10.3. The van der Waals surface area contributed by atoms with Crippen LogP contribution in [0.2, 0.25) is 5.02 Å². The van der Waals surface area contributed by atoms with Crippen molar-refractivity contribution in [2.75, 3.05) is 11.1 Å². The number of anilines is 1. The van der Waals surface area contributed by atoms with Crippen molar-refractivity contribution in [1.29, 1.82) is 0 Å². The van der Waals surface area contributed by atoms with Gasteiger partial charge in [0, 0.05) is 17.2 Å². The van der Waals surface area contributed by atoms with Crippen molar-refractivity contribution in [3.63, 3.8) is 0 Å². The minimum Gasteiger partial charge on any atom is -0.461 e. The second-order valence-electron chi connectivity index (χ2n) is 4.81. The van der Waals surface area contributed by atoms with Gasteiger partial charge in [-0.15, -0.1) is 10.2 Å². The van der Waals surface area contributed by atoms with Crippen molar-refractivity contribution in [2.45, 2.75) is 5.16 Å². The first-order valence-electron chi connectivity index (χ1n) is 6.85. The van der Waals surface area contributed by atoms with E-state index in [0.29, 0.717) is 27.5 Å². The zero-order chi connectivity index (χ0) is 17.1. The highest BCUT2D eigenvalue weighted by molar-refractivity contribution is 9.10. The normalized spacial score (nSPS) is 10.8. The number of hydrogen-bond acceptors (Lipinski definition) is 5. The van der Waals surface area contributed by atoms with Crippen molar-refractivity contribution < 1.29 is 9.21 Å². The van der Waals surface area contributed by atoms with E-state index in [1.54, 1.807) is 35.1 Å². The van der Waals surface area contributed by atoms with Gasteiger partial charge in [-0.25, -0.2) is 0 Å². The van der Waals surface area contributed by atoms with Crippen LogP contribution >= 0.6 is 39.3 Å². The predicted molar refractivity (Wildman–Crippen MR) is 97.2 cm³/mol. The largest absolute Gasteiger partial charge is 0.461 e. The fourth-order valence-electron chi connectivity index (χ4n) is 1.96. The van der Waals surface area contributed by atoms with Crippen LogP contribution in [0.1, 0.15) is 0 Å². The van der Waals surface area contributed by atoms with Crippen LogP contribution in [0.15, 0.2) is 50.6 Å². The second kappa shape index (κ2) is 7.42. The summed E-state index contributed by atoms with van der Waals surface area (Å²) >= 11 is 10.6. The van der Waals surface area contributed by atoms with Crippen molar-refractivity contribution in [1.82, 2.24) is 14.8 Å². The summed E-state index contributed by atoms with van der Waals surface area (Å²) in [6.07, 6.45) is 1.58. The molecule has 1 amide bonds. The van der Waals surface area contributed by atoms with Gasteiger partial charge in [-0.2, -0.15) is 0 Å². The van der Waals surface area contributed by atoms with Crippen molar-refractivity contribution in [3.8, 4) is 11.6 Å². The molecular weight excluding hydrogens is 416 g/mol. The van der Waals surface area contributed by atoms with Crippen LogP contribution in [0.4, 0.5) is 5.69 Å². The molecule has 3 rings (SSSR count). The minimum atomic E-state index is -0.152. The summed E-state index contributed by atoms with van der Waals surface area (Å²) < 4.78 is 7.87. The summed E-state index contributed by atoms with van der Waals surface area (Å²) in [4.78, 5) is 12.1. The van der Waals surface area contributed by atoms with E-state index in [1.807, 2.05) is 13.1 Å². The topological polar surface area (TPSA) is 73.0 Å². The maximum atomic E-state index is 12.1. The molecule has 0 aliphatic carbocycles. The molecule has 3 aromatic rings. The smallest absolute Gasteiger partial charge is 0.234 e. The number of nitrogens with zero attached hydrogens (tertiary/aromatic N) is 3. The molecule has 0 saturated carbocycles. The first kappa shape index (κ1) is 17.1. The fraction of sp³-hybridized carbons (Fsp3) is 0.133. The van der Waals surface area contributed by atoms with Crippen LogP contribution in [0.25, 0.3) is 11.6 Å².